The van der Waals surface area contributed by atoms with Crippen molar-refractivity contribution in [3.05, 3.63) is 33.5 Å². The van der Waals surface area contributed by atoms with Crippen LogP contribution in [0.5, 0.6) is 0 Å². The van der Waals surface area contributed by atoms with Crippen molar-refractivity contribution < 1.29 is 14.3 Å². The summed E-state index contributed by atoms with van der Waals surface area (Å²) in [5, 5.41) is 7.76. The molecule has 3 rings (SSSR count). The number of anilines is 1. The van der Waals surface area contributed by atoms with Gasteiger partial charge in [0.15, 0.2) is 5.69 Å². The van der Waals surface area contributed by atoms with Gasteiger partial charge in [0.1, 0.15) is 5.00 Å². The maximum Gasteiger partial charge on any atom is 0.341 e. The SMILES string of the molecule is CCn1nc(C(=O)Nc2sc3c(c2C(=O)OC)CCN(C(C)C)C3)cc1C.Cl. The molecule has 0 radical (unpaired) electrons. The number of ether oxygens (including phenoxy) is 1. The molecule has 0 aromatic carbocycles. The summed E-state index contributed by atoms with van der Waals surface area (Å²) in [6.45, 7) is 10.6. The Labute approximate surface area is 175 Å². The second kappa shape index (κ2) is 9.07. The molecule has 154 valence electrons. The molecule has 1 N–H and O–H groups in total. The Balaban J connectivity index is 0.00000280. The monoisotopic (exact) mass is 426 g/mol. The second-order valence-electron chi connectivity index (χ2n) is 6.95. The lowest BCUT2D eigenvalue weighted by Gasteiger charge is -2.30. The molecule has 0 saturated heterocycles. The lowest BCUT2D eigenvalue weighted by Crippen LogP contribution is -2.35. The minimum absolute atomic E-state index is 0. The topological polar surface area (TPSA) is 76.5 Å². The van der Waals surface area contributed by atoms with Gasteiger partial charge in [-0.1, -0.05) is 0 Å². The minimum atomic E-state index is -0.406. The second-order valence-corrected chi connectivity index (χ2v) is 8.06. The van der Waals surface area contributed by atoms with Crippen molar-refractivity contribution in [2.24, 2.45) is 0 Å². The van der Waals surface area contributed by atoms with Gasteiger partial charge < -0.3 is 10.1 Å². The van der Waals surface area contributed by atoms with Crippen LogP contribution in [0.2, 0.25) is 0 Å². The van der Waals surface area contributed by atoms with E-state index in [1.54, 1.807) is 10.7 Å². The molecule has 2 aromatic rings. The van der Waals surface area contributed by atoms with Crippen LogP contribution >= 0.6 is 23.7 Å². The van der Waals surface area contributed by atoms with Crippen LogP contribution in [0.15, 0.2) is 6.07 Å². The van der Waals surface area contributed by atoms with E-state index in [0.717, 1.165) is 35.6 Å². The fourth-order valence-corrected chi connectivity index (χ4v) is 4.63. The lowest BCUT2D eigenvalue weighted by atomic mass is 10.0. The average Bonchev–Trinajstić information content (AvgIpc) is 3.20. The van der Waals surface area contributed by atoms with Crippen molar-refractivity contribution in [3.8, 4) is 0 Å². The molecule has 9 heteroatoms. The summed E-state index contributed by atoms with van der Waals surface area (Å²) in [7, 11) is 1.37. The highest BCUT2D eigenvalue weighted by Gasteiger charge is 2.30. The molecule has 1 amide bonds. The number of rotatable bonds is 5. The number of esters is 1. The van der Waals surface area contributed by atoms with Gasteiger partial charge in [0, 0.05) is 36.2 Å². The Morgan fingerprint density at radius 3 is 2.68 bits per heavy atom. The molecule has 2 aromatic heterocycles. The van der Waals surface area contributed by atoms with E-state index < -0.39 is 5.97 Å². The third-order valence-corrected chi connectivity index (χ3v) is 6.08. The van der Waals surface area contributed by atoms with E-state index in [-0.39, 0.29) is 18.3 Å². The number of carbonyl (C=O) groups is 2. The van der Waals surface area contributed by atoms with Gasteiger partial charge in [-0.3, -0.25) is 14.4 Å². The highest BCUT2D eigenvalue weighted by atomic mass is 35.5. The number of thiophene rings is 1. The maximum absolute atomic E-state index is 12.7. The maximum atomic E-state index is 12.7. The number of hydrogen-bond donors (Lipinski definition) is 1. The van der Waals surface area contributed by atoms with Crippen molar-refractivity contribution in [3.63, 3.8) is 0 Å². The zero-order chi connectivity index (χ0) is 19.7. The Bertz CT molecular complexity index is 875. The summed E-state index contributed by atoms with van der Waals surface area (Å²) in [6.07, 6.45) is 0.772. The first-order valence-corrected chi connectivity index (χ1v) is 10.00. The van der Waals surface area contributed by atoms with Crippen LogP contribution in [0.25, 0.3) is 0 Å². The van der Waals surface area contributed by atoms with Crippen molar-refractivity contribution in [2.75, 3.05) is 19.0 Å². The molecule has 0 aliphatic carbocycles. The van der Waals surface area contributed by atoms with Crippen LogP contribution in [0.1, 0.15) is 57.8 Å². The van der Waals surface area contributed by atoms with Gasteiger partial charge in [0.2, 0.25) is 0 Å². The zero-order valence-corrected chi connectivity index (χ0v) is 18.5. The Morgan fingerprint density at radius 2 is 2.11 bits per heavy atom. The van der Waals surface area contributed by atoms with Crippen molar-refractivity contribution in [2.45, 2.75) is 53.2 Å². The Kier molecular flexibility index (Phi) is 7.25. The number of nitrogens with zero attached hydrogens (tertiary/aromatic N) is 3. The van der Waals surface area contributed by atoms with Gasteiger partial charge in [-0.15, -0.1) is 23.7 Å². The minimum Gasteiger partial charge on any atom is -0.465 e. The van der Waals surface area contributed by atoms with Crippen LogP contribution in [-0.4, -0.2) is 46.3 Å². The number of halogens is 1. The summed E-state index contributed by atoms with van der Waals surface area (Å²) in [4.78, 5) is 28.6. The predicted molar refractivity (Wildman–Crippen MR) is 113 cm³/mol. The Morgan fingerprint density at radius 1 is 1.39 bits per heavy atom. The molecular formula is C19H27ClN4O3S. The average molecular weight is 427 g/mol. The number of methoxy groups -OCH3 is 1. The summed E-state index contributed by atoms with van der Waals surface area (Å²) in [5.41, 5.74) is 2.75. The van der Waals surface area contributed by atoms with E-state index in [1.165, 1.54) is 18.4 Å². The smallest absolute Gasteiger partial charge is 0.341 e. The van der Waals surface area contributed by atoms with Gasteiger partial charge in [-0.2, -0.15) is 5.10 Å². The molecular weight excluding hydrogens is 400 g/mol. The predicted octanol–water partition coefficient (Wildman–Crippen LogP) is 3.50. The van der Waals surface area contributed by atoms with E-state index in [2.05, 4.69) is 29.2 Å². The quantitative estimate of drug-likeness (QED) is 0.740. The highest BCUT2D eigenvalue weighted by molar-refractivity contribution is 7.17. The fraction of sp³-hybridized carbons (Fsp3) is 0.526. The normalized spacial score (nSPS) is 13.8. The van der Waals surface area contributed by atoms with E-state index in [0.29, 0.717) is 28.8 Å². The fourth-order valence-electron chi connectivity index (χ4n) is 3.38. The number of aryl methyl sites for hydroxylation is 2. The van der Waals surface area contributed by atoms with Crippen molar-refractivity contribution >= 4 is 40.6 Å². The third kappa shape index (κ3) is 4.24. The molecule has 0 saturated carbocycles. The molecule has 0 atom stereocenters. The summed E-state index contributed by atoms with van der Waals surface area (Å²) in [6, 6.07) is 2.19. The number of nitrogens with one attached hydrogen (secondary N) is 1. The van der Waals surface area contributed by atoms with Gasteiger partial charge in [-0.05, 0) is 45.7 Å². The third-order valence-electron chi connectivity index (χ3n) is 4.95. The number of carbonyl (C=O) groups excluding carboxylic acids is 2. The highest BCUT2D eigenvalue weighted by Crippen LogP contribution is 2.38. The number of fused-ring (bicyclic) bond motifs is 1. The Hall–Kier alpha value is -1.90. The first kappa shape index (κ1) is 22.4. The van der Waals surface area contributed by atoms with Crippen molar-refractivity contribution in [1.29, 1.82) is 0 Å². The molecule has 0 unspecified atom stereocenters. The molecule has 1 aliphatic rings. The lowest BCUT2D eigenvalue weighted by molar-refractivity contribution is 0.0600. The van der Waals surface area contributed by atoms with E-state index in [4.69, 9.17) is 4.74 Å². The van der Waals surface area contributed by atoms with Gasteiger partial charge in [0.25, 0.3) is 5.91 Å². The molecule has 3 heterocycles. The summed E-state index contributed by atoms with van der Waals surface area (Å²) < 4.78 is 6.76. The summed E-state index contributed by atoms with van der Waals surface area (Å²) in [5.74, 6) is -0.717. The molecule has 0 fully saturated rings. The molecule has 28 heavy (non-hydrogen) atoms. The van der Waals surface area contributed by atoms with Crippen LogP contribution in [0.3, 0.4) is 0 Å². The first-order chi connectivity index (χ1) is 12.8. The first-order valence-electron chi connectivity index (χ1n) is 9.18. The van der Waals surface area contributed by atoms with Gasteiger partial charge >= 0.3 is 5.97 Å². The molecule has 0 spiro atoms. The van der Waals surface area contributed by atoms with Crippen LogP contribution < -0.4 is 5.32 Å². The molecule has 7 nitrogen and oxygen atoms in total. The van der Waals surface area contributed by atoms with Crippen LogP contribution in [-0.2, 0) is 24.2 Å². The van der Waals surface area contributed by atoms with Gasteiger partial charge in [0.05, 0.1) is 12.7 Å². The summed E-state index contributed by atoms with van der Waals surface area (Å²) >= 11 is 1.46. The van der Waals surface area contributed by atoms with Gasteiger partial charge in [-0.25, -0.2) is 4.79 Å². The van der Waals surface area contributed by atoms with E-state index in [9.17, 15) is 9.59 Å². The largest absolute Gasteiger partial charge is 0.465 e. The number of hydrogen-bond acceptors (Lipinski definition) is 6. The zero-order valence-electron chi connectivity index (χ0n) is 16.9. The van der Waals surface area contributed by atoms with Crippen LogP contribution in [0.4, 0.5) is 5.00 Å². The number of amides is 1. The standard InChI is InChI=1S/C19H26N4O3S.ClH/c1-6-23-12(4)9-14(21-23)17(24)20-18-16(19(25)26-5)13-7-8-22(11(2)3)10-15(13)27-18;/h9,11H,6-8,10H2,1-5H3,(H,20,24);1H. The number of aromatic nitrogens is 2. The van der Waals surface area contributed by atoms with Crippen molar-refractivity contribution in [1.82, 2.24) is 14.7 Å². The van der Waals surface area contributed by atoms with Crippen LogP contribution in [0, 0.1) is 6.92 Å². The molecule has 0 bridgehead atoms. The van der Waals surface area contributed by atoms with E-state index >= 15 is 0 Å². The molecule has 1 aliphatic heterocycles. The van der Waals surface area contributed by atoms with E-state index in [1.807, 2.05) is 13.8 Å².